The molecule has 0 spiro atoms. The number of ether oxygens (including phenoxy) is 1. The number of hydrogen-bond acceptors (Lipinski definition) is 7. The van der Waals surface area contributed by atoms with E-state index in [-0.39, 0.29) is 5.82 Å². The summed E-state index contributed by atoms with van der Waals surface area (Å²) in [5.41, 5.74) is 4.82. The van der Waals surface area contributed by atoms with Gasteiger partial charge in [0.05, 0.1) is 6.61 Å². The van der Waals surface area contributed by atoms with E-state index in [4.69, 9.17) is 15.6 Å². The second-order valence-electron chi connectivity index (χ2n) is 3.79. The summed E-state index contributed by atoms with van der Waals surface area (Å²) in [6.45, 7) is -0.453. The highest BCUT2D eigenvalue weighted by atomic mass is 16.6. The summed E-state index contributed by atoms with van der Waals surface area (Å²) in [5.74, 6) is 0.0537. The highest BCUT2D eigenvalue weighted by Crippen LogP contribution is 2.27. The first-order valence-electron chi connectivity index (χ1n) is 5.00. The van der Waals surface area contributed by atoms with Crippen LogP contribution in [0.4, 0.5) is 5.82 Å². The smallest absolute Gasteiger partial charge is 0.257 e. The average Bonchev–Trinajstić information content (AvgIpc) is 2.57. The van der Waals surface area contributed by atoms with Crippen LogP contribution in [0.15, 0.2) is 17.2 Å². The Labute approximate surface area is 95.9 Å². The number of anilines is 1. The summed E-state index contributed by atoms with van der Waals surface area (Å²) < 4.78 is 6.19. The van der Waals surface area contributed by atoms with Gasteiger partial charge >= 0.3 is 0 Å². The van der Waals surface area contributed by atoms with Gasteiger partial charge in [0.2, 0.25) is 0 Å². The minimum atomic E-state index is -1.31. The molecule has 0 unspecified atom stereocenters. The van der Waals surface area contributed by atoms with Crippen LogP contribution in [0.5, 0.6) is 0 Å². The van der Waals surface area contributed by atoms with E-state index in [1.165, 1.54) is 0 Å². The topological polar surface area (TPSA) is 131 Å². The van der Waals surface area contributed by atoms with Gasteiger partial charge < -0.3 is 25.8 Å². The normalized spacial score (nSPS) is 32.9. The standard InChI is InChI=1S/C9H13N3O5/c10-5-1-6(14)12(3-11-5)9-8(16)7(15)4(2-13)17-9/h1,3-4,7-9,13,15-16H,2,10H2/t4-,7+,8-,9-/m0/s1. The molecular weight excluding hydrogens is 230 g/mol. The fourth-order valence-electron chi connectivity index (χ4n) is 1.73. The molecule has 1 aliphatic heterocycles. The maximum Gasteiger partial charge on any atom is 0.257 e. The summed E-state index contributed by atoms with van der Waals surface area (Å²) in [7, 11) is 0. The number of aliphatic hydroxyl groups excluding tert-OH is 3. The van der Waals surface area contributed by atoms with Crippen LogP contribution >= 0.6 is 0 Å². The van der Waals surface area contributed by atoms with Crippen molar-refractivity contribution in [2.75, 3.05) is 12.3 Å². The van der Waals surface area contributed by atoms with E-state index in [1.807, 2.05) is 0 Å². The largest absolute Gasteiger partial charge is 0.394 e. The van der Waals surface area contributed by atoms with Crippen molar-refractivity contribution in [2.24, 2.45) is 0 Å². The van der Waals surface area contributed by atoms with E-state index in [0.717, 1.165) is 17.0 Å². The molecule has 1 fully saturated rings. The predicted octanol–water partition coefficient (Wildman–Crippen LogP) is -2.56. The van der Waals surface area contributed by atoms with Crippen molar-refractivity contribution in [2.45, 2.75) is 24.5 Å². The van der Waals surface area contributed by atoms with E-state index in [2.05, 4.69) is 4.98 Å². The monoisotopic (exact) mass is 243 g/mol. The van der Waals surface area contributed by atoms with Gasteiger partial charge in [-0.05, 0) is 0 Å². The van der Waals surface area contributed by atoms with Gasteiger partial charge in [-0.2, -0.15) is 0 Å². The number of nitrogens with zero attached hydrogens (tertiary/aromatic N) is 2. The molecule has 0 amide bonds. The number of aromatic nitrogens is 2. The Balaban J connectivity index is 2.32. The zero-order valence-electron chi connectivity index (χ0n) is 8.80. The van der Waals surface area contributed by atoms with Crippen LogP contribution in [0.25, 0.3) is 0 Å². The van der Waals surface area contributed by atoms with Gasteiger partial charge in [0.25, 0.3) is 5.56 Å². The first-order chi connectivity index (χ1) is 8.04. The van der Waals surface area contributed by atoms with Crippen molar-refractivity contribution >= 4 is 5.82 Å². The maximum atomic E-state index is 11.6. The number of aliphatic hydroxyl groups is 3. The third kappa shape index (κ3) is 2.03. The third-order valence-electron chi connectivity index (χ3n) is 2.65. The van der Waals surface area contributed by atoms with Gasteiger partial charge in [-0.3, -0.25) is 9.36 Å². The van der Waals surface area contributed by atoms with Crippen molar-refractivity contribution in [3.05, 3.63) is 22.7 Å². The highest BCUT2D eigenvalue weighted by molar-refractivity contribution is 5.23. The molecule has 0 radical (unpaired) electrons. The Kier molecular flexibility index (Phi) is 3.11. The van der Waals surface area contributed by atoms with Crippen LogP contribution in [-0.4, -0.2) is 49.8 Å². The van der Waals surface area contributed by atoms with Crippen LogP contribution in [0.3, 0.4) is 0 Å². The van der Waals surface area contributed by atoms with Crippen molar-refractivity contribution < 1.29 is 20.1 Å². The Morgan fingerprint density at radius 3 is 2.71 bits per heavy atom. The lowest BCUT2D eigenvalue weighted by Gasteiger charge is -2.16. The molecule has 2 rings (SSSR count). The maximum absolute atomic E-state index is 11.6. The van der Waals surface area contributed by atoms with Crippen LogP contribution < -0.4 is 11.3 Å². The molecule has 0 bridgehead atoms. The summed E-state index contributed by atoms with van der Waals surface area (Å²) in [6.07, 6.45) is -3.45. The Bertz CT molecular complexity index is 462. The molecule has 1 aromatic heterocycles. The van der Waals surface area contributed by atoms with Gasteiger partial charge in [-0.25, -0.2) is 4.98 Å². The fourth-order valence-corrected chi connectivity index (χ4v) is 1.73. The quantitative estimate of drug-likeness (QED) is 0.449. The molecule has 8 nitrogen and oxygen atoms in total. The predicted molar refractivity (Wildman–Crippen MR) is 55.9 cm³/mol. The molecule has 94 valence electrons. The molecule has 0 aromatic carbocycles. The van der Waals surface area contributed by atoms with E-state index in [1.54, 1.807) is 0 Å². The lowest BCUT2D eigenvalue weighted by molar-refractivity contribution is -0.0548. The first-order valence-corrected chi connectivity index (χ1v) is 5.00. The van der Waals surface area contributed by atoms with E-state index < -0.39 is 36.7 Å². The molecule has 1 aliphatic rings. The van der Waals surface area contributed by atoms with Crippen molar-refractivity contribution in [3.8, 4) is 0 Å². The summed E-state index contributed by atoms with van der Waals surface area (Å²) >= 11 is 0. The van der Waals surface area contributed by atoms with Crippen molar-refractivity contribution in [1.29, 1.82) is 0 Å². The lowest BCUT2D eigenvalue weighted by Crippen LogP contribution is -2.35. The molecule has 2 heterocycles. The van der Waals surface area contributed by atoms with E-state index >= 15 is 0 Å². The molecule has 17 heavy (non-hydrogen) atoms. The molecule has 1 saturated heterocycles. The Hall–Kier alpha value is -1.48. The Morgan fingerprint density at radius 1 is 1.47 bits per heavy atom. The molecule has 0 saturated carbocycles. The average molecular weight is 243 g/mol. The van der Waals surface area contributed by atoms with Crippen molar-refractivity contribution in [3.63, 3.8) is 0 Å². The Morgan fingerprint density at radius 2 is 2.18 bits per heavy atom. The van der Waals surface area contributed by atoms with Crippen LogP contribution in [0.1, 0.15) is 6.23 Å². The summed E-state index contributed by atoms with van der Waals surface area (Å²) in [6, 6.07) is 1.08. The third-order valence-corrected chi connectivity index (χ3v) is 2.65. The van der Waals surface area contributed by atoms with E-state index in [9.17, 15) is 15.0 Å². The van der Waals surface area contributed by atoms with Crippen LogP contribution in [0, 0.1) is 0 Å². The zero-order valence-corrected chi connectivity index (χ0v) is 8.80. The fraction of sp³-hybridized carbons (Fsp3) is 0.556. The molecule has 1 aromatic rings. The molecule has 4 atom stereocenters. The zero-order chi connectivity index (χ0) is 12.6. The van der Waals surface area contributed by atoms with E-state index in [0.29, 0.717) is 0 Å². The lowest BCUT2D eigenvalue weighted by atomic mass is 10.1. The second kappa shape index (κ2) is 4.41. The van der Waals surface area contributed by atoms with Gasteiger partial charge in [0.15, 0.2) is 6.23 Å². The summed E-state index contributed by atoms with van der Waals surface area (Å²) in [5, 5.41) is 28.2. The number of rotatable bonds is 2. The summed E-state index contributed by atoms with van der Waals surface area (Å²) in [4.78, 5) is 15.3. The first kappa shape index (κ1) is 12.0. The van der Waals surface area contributed by atoms with Gasteiger partial charge in [0.1, 0.15) is 30.5 Å². The molecule has 8 heteroatoms. The van der Waals surface area contributed by atoms with Gasteiger partial charge in [-0.1, -0.05) is 0 Å². The molecule has 0 aliphatic carbocycles. The highest BCUT2D eigenvalue weighted by Gasteiger charge is 2.43. The van der Waals surface area contributed by atoms with Crippen LogP contribution in [-0.2, 0) is 4.74 Å². The molecule has 5 N–H and O–H groups in total. The minimum absolute atomic E-state index is 0.0537. The van der Waals surface area contributed by atoms with Gasteiger partial charge in [-0.15, -0.1) is 0 Å². The second-order valence-corrected chi connectivity index (χ2v) is 3.79. The molecular formula is C9H13N3O5. The minimum Gasteiger partial charge on any atom is -0.394 e. The number of nitrogen functional groups attached to an aromatic ring is 1. The SMILES string of the molecule is Nc1cc(=O)n([C@H]2O[C@@H](CO)[C@@H](O)[C@@H]2O)cn1. The van der Waals surface area contributed by atoms with Crippen LogP contribution in [0.2, 0.25) is 0 Å². The van der Waals surface area contributed by atoms with Crippen molar-refractivity contribution in [1.82, 2.24) is 9.55 Å². The van der Waals surface area contributed by atoms with Gasteiger partial charge in [0, 0.05) is 6.07 Å². The number of nitrogens with two attached hydrogens (primary N) is 1. The number of hydrogen-bond donors (Lipinski definition) is 4.